The maximum Gasteiger partial charge on any atom is 0.326 e. The summed E-state index contributed by atoms with van der Waals surface area (Å²) in [5, 5.41) is 0. The lowest BCUT2D eigenvalue weighted by Gasteiger charge is -2.07. The summed E-state index contributed by atoms with van der Waals surface area (Å²) in [5.74, 6) is 0.760. The summed E-state index contributed by atoms with van der Waals surface area (Å²) in [6.45, 7) is 3.96. The smallest absolute Gasteiger partial charge is 0.326 e. The van der Waals surface area contributed by atoms with Crippen molar-refractivity contribution >= 4 is 11.0 Å². The van der Waals surface area contributed by atoms with Gasteiger partial charge in [-0.05, 0) is 26.0 Å². The Morgan fingerprint density at radius 1 is 1.40 bits per heavy atom. The van der Waals surface area contributed by atoms with Gasteiger partial charge in [-0.25, -0.2) is 4.79 Å². The molecule has 1 N–H and O–H groups in total. The number of nitrogens with zero attached hydrogens (tertiary/aromatic N) is 1. The summed E-state index contributed by atoms with van der Waals surface area (Å²) in [6.07, 6.45) is 0. The van der Waals surface area contributed by atoms with Crippen molar-refractivity contribution in [3.63, 3.8) is 0 Å². The highest BCUT2D eigenvalue weighted by Gasteiger charge is 2.09. The average Bonchev–Trinajstić information content (AvgIpc) is 2.52. The van der Waals surface area contributed by atoms with E-state index >= 15 is 0 Å². The van der Waals surface area contributed by atoms with Crippen molar-refractivity contribution in [2.45, 2.75) is 19.9 Å². The Morgan fingerprint density at radius 3 is 2.73 bits per heavy atom. The Morgan fingerprint density at radius 2 is 2.13 bits per heavy atom. The topological polar surface area (TPSA) is 47.0 Å². The minimum Gasteiger partial charge on any atom is -0.497 e. The zero-order valence-corrected chi connectivity index (χ0v) is 9.07. The molecule has 4 nitrogen and oxygen atoms in total. The zero-order chi connectivity index (χ0) is 11.0. The summed E-state index contributed by atoms with van der Waals surface area (Å²) >= 11 is 0. The molecule has 0 radical (unpaired) electrons. The Balaban J connectivity index is 2.78. The highest BCUT2D eigenvalue weighted by Crippen LogP contribution is 2.20. The molecule has 1 aromatic carbocycles. The van der Waals surface area contributed by atoms with Crippen LogP contribution in [0.15, 0.2) is 23.0 Å². The normalized spacial score (nSPS) is 11.2. The average molecular weight is 206 g/mol. The molecule has 1 heterocycles. The third-order valence-corrected chi connectivity index (χ3v) is 2.44. The SMILES string of the molecule is COc1ccc2[nH]c(=O)n(C(C)C)c2c1. The first-order chi connectivity index (χ1) is 7.13. The van der Waals surface area contributed by atoms with E-state index in [-0.39, 0.29) is 11.7 Å². The fraction of sp³-hybridized carbons (Fsp3) is 0.364. The molecule has 0 atom stereocenters. The Hall–Kier alpha value is -1.71. The first-order valence-electron chi connectivity index (χ1n) is 4.91. The van der Waals surface area contributed by atoms with E-state index in [0.29, 0.717) is 0 Å². The molecule has 0 saturated carbocycles. The number of aromatic amines is 1. The van der Waals surface area contributed by atoms with Gasteiger partial charge in [0.05, 0.1) is 18.1 Å². The maximum absolute atomic E-state index is 11.6. The van der Waals surface area contributed by atoms with E-state index in [1.807, 2.05) is 32.0 Å². The number of hydrogen-bond donors (Lipinski definition) is 1. The third kappa shape index (κ3) is 1.52. The molecular weight excluding hydrogens is 192 g/mol. The molecule has 1 aromatic heterocycles. The van der Waals surface area contributed by atoms with Gasteiger partial charge in [-0.15, -0.1) is 0 Å². The fourth-order valence-electron chi connectivity index (χ4n) is 1.74. The molecule has 0 aliphatic carbocycles. The number of fused-ring (bicyclic) bond motifs is 1. The maximum atomic E-state index is 11.6. The molecule has 2 rings (SSSR count). The first kappa shape index (κ1) is 9.83. The number of nitrogens with one attached hydrogen (secondary N) is 1. The molecular formula is C11H14N2O2. The van der Waals surface area contributed by atoms with Crippen molar-refractivity contribution in [1.82, 2.24) is 9.55 Å². The molecule has 0 amide bonds. The van der Waals surface area contributed by atoms with Crippen LogP contribution in [0.5, 0.6) is 5.75 Å². The Labute approximate surface area is 87.5 Å². The summed E-state index contributed by atoms with van der Waals surface area (Å²) in [4.78, 5) is 14.5. The lowest BCUT2D eigenvalue weighted by molar-refractivity contribution is 0.415. The molecule has 0 aliphatic heterocycles. The highest BCUT2D eigenvalue weighted by molar-refractivity contribution is 5.77. The number of methoxy groups -OCH3 is 1. The zero-order valence-electron chi connectivity index (χ0n) is 9.07. The summed E-state index contributed by atoms with van der Waals surface area (Å²) in [6, 6.07) is 5.70. The molecule has 80 valence electrons. The van der Waals surface area contributed by atoms with Gasteiger partial charge in [0.15, 0.2) is 0 Å². The van der Waals surface area contributed by atoms with E-state index in [0.717, 1.165) is 16.8 Å². The van der Waals surface area contributed by atoms with Gasteiger partial charge in [0, 0.05) is 12.1 Å². The van der Waals surface area contributed by atoms with Crippen molar-refractivity contribution in [3.05, 3.63) is 28.7 Å². The lowest BCUT2D eigenvalue weighted by atomic mass is 10.3. The van der Waals surface area contributed by atoms with Gasteiger partial charge in [-0.1, -0.05) is 0 Å². The molecule has 0 unspecified atom stereocenters. The minimum absolute atomic E-state index is 0.0757. The van der Waals surface area contributed by atoms with Crippen molar-refractivity contribution in [2.75, 3.05) is 7.11 Å². The van der Waals surface area contributed by atoms with Crippen LogP contribution in [0, 0.1) is 0 Å². The molecule has 4 heteroatoms. The second kappa shape index (κ2) is 3.46. The molecule has 2 aromatic rings. The van der Waals surface area contributed by atoms with Crippen molar-refractivity contribution in [3.8, 4) is 5.75 Å². The van der Waals surface area contributed by atoms with E-state index < -0.39 is 0 Å². The van der Waals surface area contributed by atoms with Crippen LogP contribution in [-0.2, 0) is 0 Å². The van der Waals surface area contributed by atoms with Crippen LogP contribution in [0.4, 0.5) is 0 Å². The molecule has 0 aliphatic rings. The monoisotopic (exact) mass is 206 g/mol. The van der Waals surface area contributed by atoms with Gasteiger partial charge in [-0.3, -0.25) is 4.57 Å². The Bertz CT molecular complexity index is 537. The Kier molecular flexibility index (Phi) is 2.26. The van der Waals surface area contributed by atoms with Gasteiger partial charge in [0.2, 0.25) is 0 Å². The predicted octanol–water partition coefficient (Wildman–Crippen LogP) is 1.92. The standard InChI is InChI=1S/C11H14N2O2/c1-7(2)13-10-6-8(15-3)4-5-9(10)12-11(13)14/h4-7H,1-3H3,(H,12,14). The number of hydrogen-bond acceptors (Lipinski definition) is 2. The molecule has 0 spiro atoms. The van der Waals surface area contributed by atoms with E-state index in [9.17, 15) is 4.79 Å². The number of benzene rings is 1. The predicted molar refractivity (Wildman–Crippen MR) is 59.5 cm³/mol. The van der Waals surface area contributed by atoms with Crippen LogP contribution >= 0.6 is 0 Å². The van der Waals surface area contributed by atoms with Crippen molar-refractivity contribution < 1.29 is 4.74 Å². The van der Waals surface area contributed by atoms with Crippen LogP contribution in [0.2, 0.25) is 0 Å². The van der Waals surface area contributed by atoms with Crippen LogP contribution in [-0.4, -0.2) is 16.7 Å². The second-order valence-corrected chi connectivity index (χ2v) is 3.78. The summed E-state index contributed by atoms with van der Waals surface area (Å²) in [5.41, 5.74) is 1.65. The molecule has 0 saturated heterocycles. The number of H-pyrrole nitrogens is 1. The quantitative estimate of drug-likeness (QED) is 0.816. The van der Waals surface area contributed by atoms with Gasteiger partial charge in [-0.2, -0.15) is 0 Å². The second-order valence-electron chi connectivity index (χ2n) is 3.78. The number of imidazole rings is 1. The van der Waals surface area contributed by atoms with Crippen molar-refractivity contribution in [2.24, 2.45) is 0 Å². The van der Waals surface area contributed by atoms with Crippen LogP contribution in [0.1, 0.15) is 19.9 Å². The van der Waals surface area contributed by atoms with E-state index in [1.54, 1.807) is 11.7 Å². The van der Waals surface area contributed by atoms with E-state index in [2.05, 4.69) is 4.98 Å². The fourth-order valence-corrected chi connectivity index (χ4v) is 1.74. The summed E-state index contributed by atoms with van der Waals surface area (Å²) < 4.78 is 6.86. The van der Waals surface area contributed by atoms with Gasteiger partial charge < -0.3 is 9.72 Å². The highest BCUT2D eigenvalue weighted by atomic mass is 16.5. The molecule has 0 fully saturated rings. The van der Waals surface area contributed by atoms with Gasteiger partial charge in [0.1, 0.15) is 5.75 Å². The number of aromatic nitrogens is 2. The number of ether oxygens (including phenoxy) is 1. The molecule has 15 heavy (non-hydrogen) atoms. The lowest BCUT2D eigenvalue weighted by Crippen LogP contribution is -2.18. The van der Waals surface area contributed by atoms with Crippen molar-refractivity contribution in [1.29, 1.82) is 0 Å². The summed E-state index contributed by atoms with van der Waals surface area (Å²) in [7, 11) is 1.62. The van der Waals surface area contributed by atoms with E-state index in [1.165, 1.54) is 0 Å². The third-order valence-electron chi connectivity index (χ3n) is 2.44. The van der Waals surface area contributed by atoms with Gasteiger partial charge >= 0.3 is 5.69 Å². The van der Waals surface area contributed by atoms with Crippen LogP contribution < -0.4 is 10.4 Å². The largest absolute Gasteiger partial charge is 0.497 e. The van der Waals surface area contributed by atoms with Crippen LogP contribution in [0.25, 0.3) is 11.0 Å². The van der Waals surface area contributed by atoms with Crippen LogP contribution in [0.3, 0.4) is 0 Å². The first-order valence-corrected chi connectivity index (χ1v) is 4.91. The van der Waals surface area contributed by atoms with Gasteiger partial charge in [0.25, 0.3) is 0 Å². The minimum atomic E-state index is -0.0757. The number of rotatable bonds is 2. The van der Waals surface area contributed by atoms with E-state index in [4.69, 9.17) is 4.74 Å². The molecule has 0 bridgehead atoms.